The normalized spacial score (nSPS) is 10.1. The van der Waals surface area contributed by atoms with Crippen LogP contribution < -0.4 is 15.2 Å². The molecule has 0 aliphatic heterocycles. The number of nitrogens with zero attached hydrogens (tertiary/aromatic N) is 1. The van der Waals surface area contributed by atoms with Crippen molar-refractivity contribution in [2.75, 3.05) is 6.61 Å². The second-order valence-corrected chi connectivity index (χ2v) is 4.28. The number of amidine groups is 1. The number of rotatable bonds is 5. The maximum absolute atomic E-state index is 7.42. The van der Waals surface area contributed by atoms with Gasteiger partial charge in [-0.25, -0.2) is 4.98 Å². The molecule has 1 heterocycles. The Morgan fingerprint density at radius 1 is 1.25 bits per heavy atom. The molecule has 2 rings (SSSR count). The monoisotopic (exact) mass is 291 g/mol. The number of nitrogens with one attached hydrogen (secondary N) is 1. The van der Waals surface area contributed by atoms with Crippen LogP contribution in [0.2, 0.25) is 5.02 Å². The molecule has 0 atom stereocenters. The van der Waals surface area contributed by atoms with E-state index in [1.165, 1.54) is 6.20 Å². The number of benzene rings is 1. The maximum Gasteiger partial charge on any atom is 0.238 e. The molecule has 0 amide bonds. The highest BCUT2D eigenvalue weighted by atomic mass is 35.5. The Hall–Kier alpha value is -2.27. The van der Waals surface area contributed by atoms with Gasteiger partial charge in [-0.15, -0.1) is 0 Å². The zero-order valence-electron chi connectivity index (χ0n) is 10.9. The van der Waals surface area contributed by atoms with Crippen LogP contribution in [0.3, 0.4) is 0 Å². The predicted molar refractivity (Wildman–Crippen MR) is 77.9 cm³/mol. The molecule has 0 aliphatic carbocycles. The standard InChI is InChI=1S/C14H14ClN3O2/c1-2-19-9-3-5-10(6-4-9)20-14-12(15)11(13(16)17)7-8-18-14/h3-8H,2H2,1H3,(H3,16,17). The van der Waals surface area contributed by atoms with Gasteiger partial charge in [0.15, 0.2) is 0 Å². The summed E-state index contributed by atoms with van der Waals surface area (Å²) in [6, 6.07) is 8.66. The lowest BCUT2D eigenvalue weighted by Crippen LogP contribution is -2.12. The summed E-state index contributed by atoms with van der Waals surface area (Å²) in [5, 5.41) is 7.64. The summed E-state index contributed by atoms with van der Waals surface area (Å²) in [7, 11) is 0. The third kappa shape index (κ3) is 3.19. The maximum atomic E-state index is 7.42. The molecule has 5 nitrogen and oxygen atoms in total. The molecule has 0 bridgehead atoms. The number of nitrogens with two attached hydrogens (primary N) is 1. The molecule has 1 aromatic carbocycles. The molecule has 3 N–H and O–H groups in total. The summed E-state index contributed by atoms with van der Waals surface area (Å²) in [5.74, 6) is 1.41. The van der Waals surface area contributed by atoms with Gasteiger partial charge in [-0.05, 0) is 37.3 Å². The molecular formula is C14H14ClN3O2. The first-order chi connectivity index (χ1) is 9.61. The van der Waals surface area contributed by atoms with E-state index in [9.17, 15) is 0 Å². The summed E-state index contributed by atoms with van der Waals surface area (Å²) >= 11 is 6.10. The fourth-order valence-electron chi connectivity index (χ4n) is 1.59. The number of hydrogen-bond donors (Lipinski definition) is 2. The minimum atomic E-state index is -0.131. The summed E-state index contributed by atoms with van der Waals surface area (Å²) < 4.78 is 10.9. The van der Waals surface area contributed by atoms with Gasteiger partial charge >= 0.3 is 0 Å². The lowest BCUT2D eigenvalue weighted by Gasteiger charge is -2.09. The molecule has 1 aromatic heterocycles. The smallest absolute Gasteiger partial charge is 0.238 e. The van der Waals surface area contributed by atoms with E-state index in [2.05, 4.69) is 4.98 Å². The van der Waals surface area contributed by atoms with Crippen molar-refractivity contribution in [2.45, 2.75) is 6.92 Å². The van der Waals surface area contributed by atoms with Crippen molar-refractivity contribution in [2.24, 2.45) is 5.73 Å². The van der Waals surface area contributed by atoms with Crippen LogP contribution in [0.5, 0.6) is 17.4 Å². The summed E-state index contributed by atoms with van der Waals surface area (Å²) in [4.78, 5) is 4.04. The third-order valence-electron chi connectivity index (χ3n) is 2.50. The van der Waals surface area contributed by atoms with E-state index in [-0.39, 0.29) is 16.7 Å². The third-order valence-corrected chi connectivity index (χ3v) is 2.86. The Bertz CT molecular complexity index is 614. The Morgan fingerprint density at radius 3 is 2.50 bits per heavy atom. The molecule has 2 aromatic rings. The summed E-state index contributed by atoms with van der Waals surface area (Å²) in [6.07, 6.45) is 1.49. The number of pyridine rings is 1. The van der Waals surface area contributed by atoms with Gasteiger partial charge in [0, 0.05) is 11.8 Å². The van der Waals surface area contributed by atoms with Gasteiger partial charge in [-0.2, -0.15) is 0 Å². The number of hydrogen-bond acceptors (Lipinski definition) is 4. The van der Waals surface area contributed by atoms with Crippen molar-refractivity contribution < 1.29 is 9.47 Å². The number of ether oxygens (including phenoxy) is 2. The minimum Gasteiger partial charge on any atom is -0.494 e. The number of halogens is 1. The highest BCUT2D eigenvalue weighted by Crippen LogP contribution is 2.30. The molecule has 0 saturated heterocycles. The lowest BCUT2D eigenvalue weighted by molar-refractivity contribution is 0.339. The summed E-state index contributed by atoms with van der Waals surface area (Å²) in [5.41, 5.74) is 5.82. The number of aromatic nitrogens is 1. The zero-order chi connectivity index (χ0) is 14.5. The van der Waals surface area contributed by atoms with Crippen LogP contribution in [0, 0.1) is 5.41 Å². The van der Waals surface area contributed by atoms with Gasteiger partial charge < -0.3 is 15.2 Å². The first kappa shape index (κ1) is 14.1. The van der Waals surface area contributed by atoms with E-state index in [4.69, 9.17) is 32.2 Å². The van der Waals surface area contributed by atoms with E-state index < -0.39 is 0 Å². The molecule has 0 aliphatic rings. The van der Waals surface area contributed by atoms with E-state index >= 15 is 0 Å². The van der Waals surface area contributed by atoms with Gasteiger partial charge in [0.1, 0.15) is 22.4 Å². The molecule has 0 unspecified atom stereocenters. The van der Waals surface area contributed by atoms with Crippen molar-refractivity contribution >= 4 is 17.4 Å². The van der Waals surface area contributed by atoms with Crippen LogP contribution in [0.1, 0.15) is 12.5 Å². The Balaban J connectivity index is 2.21. The lowest BCUT2D eigenvalue weighted by atomic mass is 10.2. The molecule has 6 heteroatoms. The second-order valence-electron chi connectivity index (χ2n) is 3.90. The van der Waals surface area contributed by atoms with Gasteiger partial charge in [-0.1, -0.05) is 11.6 Å². The van der Waals surface area contributed by atoms with Gasteiger partial charge in [0.05, 0.1) is 6.61 Å². The number of nitrogen functional groups attached to an aromatic ring is 1. The predicted octanol–water partition coefficient (Wildman–Crippen LogP) is 3.21. The zero-order valence-corrected chi connectivity index (χ0v) is 11.6. The molecule has 104 valence electrons. The fraction of sp³-hybridized carbons (Fsp3) is 0.143. The van der Waals surface area contributed by atoms with Crippen LogP contribution in [-0.4, -0.2) is 17.4 Å². The van der Waals surface area contributed by atoms with Crippen LogP contribution in [0.15, 0.2) is 36.5 Å². The first-order valence-electron chi connectivity index (χ1n) is 6.01. The highest BCUT2D eigenvalue weighted by Gasteiger charge is 2.11. The SMILES string of the molecule is CCOc1ccc(Oc2nccc(C(=N)N)c2Cl)cc1. The van der Waals surface area contributed by atoms with Crippen LogP contribution in [0.25, 0.3) is 0 Å². The summed E-state index contributed by atoms with van der Waals surface area (Å²) in [6.45, 7) is 2.52. The average Bonchev–Trinajstić information content (AvgIpc) is 2.43. The van der Waals surface area contributed by atoms with Crippen LogP contribution in [-0.2, 0) is 0 Å². The molecule has 0 spiro atoms. The van der Waals surface area contributed by atoms with Gasteiger partial charge in [-0.3, -0.25) is 5.41 Å². The minimum absolute atomic E-state index is 0.131. The second kappa shape index (κ2) is 6.25. The molecule has 0 saturated carbocycles. The average molecular weight is 292 g/mol. The Morgan fingerprint density at radius 2 is 1.90 bits per heavy atom. The topological polar surface area (TPSA) is 81.2 Å². The molecule has 20 heavy (non-hydrogen) atoms. The Labute approximate surface area is 121 Å². The Kier molecular flexibility index (Phi) is 4.42. The van der Waals surface area contributed by atoms with Gasteiger partial charge in [0.25, 0.3) is 0 Å². The van der Waals surface area contributed by atoms with E-state index in [0.29, 0.717) is 17.9 Å². The quantitative estimate of drug-likeness (QED) is 0.654. The van der Waals surface area contributed by atoms with Crippen LogP contribution >= 0.6 is 11.6 Å². The molecule has 0 radical (unpaired) electrons. The van der Waals surface area contributed by atoms with Crippen molar-refractivity contribution in [3.63, 3.8) is 0 Å². The van der Waals surface area contributed by atoms with Crippen LogP contribution in [0.4, 0.5) is 0 Å². The molecule has 0 fully saturated rings. The van der Waals surface area contributed by atoms with Gasteiger partial charge in [0.2, 0.25) is 5.88 Å². The molecular weight excluding hydrogens is 278 g/mol. The highest BCUT2D eigenvalue weighted by molar-refractivity contribution is 6.35. The van der Waals surface area contributed by atoms with Crippen molar-refractivity contribution in [3.8, 4) is 17.4 Å². The van der Waals surface area contributed by atoms with E-state index in [1.54, 1.807) is 30.3 Å². The van der Waals surface area contributed by atoms with Crippen molar-refractivity contribution in [1.82, 2.24) is 4.98 Å². The van der Waals surface area contributed by atoms with Crippen molar-refractivity contribution in [1.29, 1.82) is 5.41 Å². The fourth-order valence-corrected chi connectivity index (χ4v) is 1.84. The largest absolute Gasteiger partial charge is 0.494 e. The first-order valence-corrected chi connectivity index (χ1v) is 6.39. The van der Waals surface area contributed by atoms with Crippen molar-refractivity contribution in [3.05, 3.63) is 47.1 Å². The van der Waals surface area contributed by atoms with E-state index in [0.717, 1.165) is 5.75 Å². The van der Waals surface area contributed by atoms with E-state index in [1.807, 2.05) is 6.92 Å².